The van der Waals surface area contributed by atoms with Gasteiger partial charge in [0.2, 0.25) is 10.0 Å². The second kappa shape index (κ2) is 9.72. The van der Waals surface area contributed by atoms with Crippen LogP contribution >= 0.6 is 0 Å². The third kappa shape index (κ3) is 11.0. The van der Waals surface area contributed by atoms with E-state index in [1.807, 2.05) is 7.05 Å². The number of rotatable bonds is 11. The van der Waals surface area contributed by atoms with E-state index in [-0.39, 0.29) is 5.75 Å². The summed E-state index contributed by atoms with van der Waals surface area (Å²) < 4.78 is 25.9. The van der Waals surface area contributed by atoms with Crippen LogP contribution in [0.1, 0.15) is 33.6 Å². The van der Waals surface area contributed by atoms with E-state index in [0.717, 1.165) is 26.1 Å². The molecule has 0 amide bonds. The van der Waals surface area contributed by atoms with Crippen LogP contribution in [0, 0.1) is 0 Å². The van der Waals surface area contributed by atoms with Crippen LogP contribution in [-0.4, -0.2) is 58.3 Å². The third-order valence-electron chi connectivity index (χ3n) is 2.75. The molecule has 0 aliphatic rings. The number of hydrogen-bond acceptors (Lipinski definition) is 4. The van der Waals surface area contributed by atoms with E-state index in [9.17, 15) is 8.42 Å². The Morgan fingerprint density at radius 2 is 1.83 bits per heavy atom. The summed E-state index contributed by atoms with van der Waals surface area (Å²) in [4.78, 5) is 2.08. The Balaban J connectivity index is 3.61. The highest BCUT2D eigenvalue weighted by atomic mass is 32.2. The van der Waals surface area contributed by atoms with Crippen LogP contribution in [0.25, 0.3) is 0 Å². The molecule has 0 fully saturated rings. The lowest BCUT2D eigenvalue weighted by Gasteiger charge is -2.14. The molecule has 0 aromatic heterocycles. The smallest absolute Gasteiger partial charge is 0.211 e. The van der Waals surface area contributed by atoms with Crippen LogP contribution in [0.4, 0.5) is 0 Å². The Hall–Kier alpha value is -0.170. The SMILES string of the molecule is CCN(C)CCNS(=O)(=O)CCCCNC(C)C. The second-order valence-corrected chi connectivity index (χ2v) is 6.85. The molecule has 6 heteroatoms. The quantitative estimate of drug-likeness (QED) is 0.545. The Kier molecular flexibility index (Phi) is 9.63. The molecule has 18 heavy (non-hydrogen) atoms. The third-order valence-corrected chi connectivity index (χ3v) is 4.22. The van der Waals surface area contributed by atoms with Gasteiger partial charge in [-0.3, -0.25) is 0 Å². The van der Waals surface area contributed by atoms with Gasteiger partial charge in [0.05, 0.1) is 5.75 Å². The molecule has 0 atom stereocenters. The Labute approximate surface area is 112 Å². The van der Waals surface area contributed by atoms with Gasteiger partial charge in [0.1, 0.15) is 0 Å². The first kappa shape index (κ1) is 17.8. The predicted octanol–water partition coefficient (Wildman–Crippen LogP) is 0.636. The minimum absolute atomic E-state index is 0.225. The molecule has 0 aliphatic carbocycles. The molecule has 0 rings (SSSR count). The van der Waals surface area contributed by atoms with Crippen LogP contribution in [0.2, 0.25) is 0 Å². The zero-order valence-electron chi connectivity index (χ0n) is 12.2. The van der Waals surface area contributed by atoms with Gasteiger partial charge in [0.15, 0.2) is 0 Å². The summed E-state index contributed by atoms with van der Waals surface area (Å²) >= 11 is 0. The van der Waals surface area contributed by atoms with E-state index >= 15 is 0 Å². The average molecular weight is 279 g/mol. The van der Waals surface area contributed by atoms with E-state index < -0.39 is 10.0 Å². The molecule has 0 spiro atoms. The van der Waals surface area contributed by atoms with Gasteiger partial charge in [-0.05, 0) is 33.0 Å². The summed E-state index contributed by atoms with van der Waals surface area (Å²) in [5, 5.41) is 3.28. The van der Waals surface area contributed by atoms with Crippen molar-refractivity contribution in [2.45, 2.75) is 39.7 Å². The maximum absolute atomic E-state index is 11.6. The lowest BCUT2D eigenvalue weighted by atomic mass is 10.3. The van der Waals surface area contributed by atoms with Crippen molar-refractivity contribution in [3.63, 3.8) is 0 Å². The molecule has 5 nitrogen and oxygen atoms in total. The van der Waals surface area contributed by atoms with Gasteiger partial charge >= 0.3 is 0 Å². The number of likely N-dealkylation sites (N-methyl/N-ethyl adjacent to an activating group) is 1. The van der Waals surface area contributed by atoms with E-state index in [2.05, 4.69) is 35.7 Å². The number of hydrogen-bond donors (Lipinski definition) is 2. The normalized spacial score (nSPS) is 12.6. The standard InChI is InChI=1S/C12H29N3O2S/c1-5-15(4)10-9-14-18(16,17)11-7-6-8-13-12(2)3/h12-14H,5-11H2,1-4H3. The summed E-state index contributed by atoms with van der Waals surface area (Å²) in [6, 6.07) is 0.462. The van der Waals surface area contributed by atoms with E-state index in [0.29, 0.717) is 19.0 Å². The van der Waals surface area contributed by atoms with E-state index in [4.69, 9.17) is 0 Å². The van der Waals surface area contributed by atoms with Gasteiger partial charge < -0.3 is 10.2 Å². The molecular formula is C12H29N3O2S. The van der Waals surface area contributed by atoms with Gasteiger partial charge in [0, 0.05) is 19.1 Å². The van der Waals surface area contributed by atoms with Crippen molar-refractivity contribution in [2.75, 3.05) is 39.0 Å². The minimum Gasteiger partial charge on any atom is -0.315 e. The summed E-state index contributed by atoms with van der Waals surface area (Å²) in [5.41, 5.74) is 0. The first-order chi connectivity index (χ1) is 8.37. The maximum atomic E-state index is 11.6. The Morgan fingerprint density at radius 1 is 1.17 bits per heavy atom. The van der Waals surface area contributed by atoms with Crippen molar-refractivity contribution in [1.29, 1.82) is 0 Å². The molecule has 0 saturated heterocycles. The fraction of sp³-hybridized carbons (Fsp3) is 1.00. The average Bonchev–Trinajstić information content (AvgIpc) is 2.27. The molecule has 0 aromatic carbocycles. The molecule has 110 valence electrons. The molecule has 0 radical (unpaired) electrons. The number of sulfonamides is 1. The Bertz CT molecular complexity index is 292. The zero-order chi connectivity index (χ0) is 14.0. The zero-order valence-corrected chi connectivity index (χ0v) is 13.0. The fourth-order valence-corrected chi connectivity index (χ4v) is 2.56. The van der Waals surface area contributed by atoms with Crippen LogP contribution < -0.4 is 10.0 Å². The molecule has 0 saturated carbocycles. The van der Waals surface area contributed by atoms with Crippen molar-refractivity contribution in [1.82, 2.24) is 14.9 Å². The molecule has 0 aromatic rings. The van der Waals surface area contributed by atoms with E-state index in [1.54, 1.807) is 0 Å². The summed E-state index contributed by atoms with van der Waals surface area (Å²) in [6.45, 7) is 9.29. The van der Waals surface area contributed by atoms with Gasteiger partial charge in [-0.1, -0.05) is 20.8 Å². The maximum Gasteiger partial charge on any atom is 0.211 e. The van der Waals surface area contributed by atoms with Gasteiger partial charge in [-0.25, -0.2) is 13.1 Å². The van der Waals surface area contributed by atoms with Crippen LogP contribution in [0.15, 0.2) is 0 Å². The number of unbranched alkanes of at least 4 members (excludes halogenated alkanes) is 1. The van der Waals surface area contributed by atoms with Gasteiger partial charge in [-0.2, -0.15) is 0 Å². The minimum atomic E-state index is -3.09. The molecule has 0 bridgehead atoms. The van der Waals surface area contributed by atoms with Crippen LogP contribution in [0.5, 0.6) is 0 Å². The van der Waals surface area contributed by atoms with Gasteiger partial charge in [0.25, 0.3) is 0 Å². The number of nitrogens with zero attached hydrogens (tertiary/aromatic N) is 1. The molecule has 0 aliphatic heterocycles. The van der Waals surface area contributed by atoms with Crippen molar-refractivity contribution < 1.29 is 8.42 Å². The van der Waals surface area contributed by atoms with Crippen LogP contribution in [-0.2, 0) is 10.0 Å². The first-order valence-electron chi connectivity index (χ1n) is 6.76. The van der Waals surface area contributed by atoms with Crippen LogP contribution in [0.3, 0.4) is 0 Å². The monoisotopic (exact) mass is 279 g/mol. The predicted molar refractivity (Wildman–Crippen MR) is 77.3 cm³/mol. The first-order valence-corrected chi connectivity index (χ1v) is 8.42. The number of nitrogens with one attached hydrogen (secondary N) is 2. The van der Waals surface area contributed by atoms with Crippen molar-refractivity contribution in [2.24, 2.45) is 0 Å². The lowest BCUT2D eigenvalue weighted by Crippen LogP contribution is -2.34. The van der Waals surface area contributed by atoms with Crippen molar-refractivity contribution in [3.05, 3.63) is 0 Å². The van der Waals surface area contributed by atoms with Crippen molar-refractivity contribution in [3.8, 4) is 0 Å². The highest BCUT2D eigenvalue weighted by molar-refractivity contribution is 7.89. The van der Waals surface area contributed by atoms with Crippen molar-refractivity contribution >= 4 is 10.0 Å². The summed E-state index contributed by atoms with van der Waals surface area (Å²) in [6.07, 6.45) is 1.60. The topological polar surface area (TPSA) is 61.4 Å². The lowest BCUT2D eigenvalue weighted by molar-refractivity contribution is 0.358. The second-order valence-electron chi connectivity index (χ2n) is 4.93. The van der Waals surface area contributed by atoms with Gasteiger partial charge in [-0.15, -0.1) is 0 Å². The highest BCUT2D eigenvalue weighted by Crippen LogP contribution is 1.94. The fourth-order valence-electron chi connectivity index (χ4n) is 1.43. The molecule has 2 N–H and O–H groups in total. The molecular weight excluding hydrogens is 250 g/mol. The highest BCUT2D eigenvalue weighted by Gasteiger charge is 2.09. The molecule has 0 heterocycles. The Morgan fingerprint density at radius 3 is 2.39 bits per heavy atom. The largest absolute Gasteiger partial charge is 0.315 e. The summed E-state index contributed by atoms with van der Waals surface area (Å²) in [7, 11) is -1.11. The molecule has 0 unspecified atom stereocenters. The summed E-state index contributed by atoms with van der Waals surface area (Å²) in [5.74, 6) is 0.225. The van der Waals surface area contributed by atoms with E-state index in [1.165, 1.54) is 0 Å².